The molecule has 0 bridgehead atoms. The number of benzene rings is 1. The summed E-state index contributed by atoms with van der Waals surface area (Å²) < 4.78 is 26.7. The Labute approximate surface area is 92.9 Å². The Morgan fingerprint density at radius 3 is 2.56 bits per heavy atom. The Bertz CT molecular complexity index is 515. The summed E-state index contributed by atoms with van der Waals surface area (Å²) in [6.45, 7) is 3.33. The van der Waals surface area contributed by atoms with Gasteiger partial charge in [-0.15, -0.1) is 0 Å². The molecule has 1 rings (SSSR count). The summed E-state index contributed by atoms with van der Waals surface area (Å²) in [5.74, 6) is 0.185. The van der Waals surface area contributed by atoms with E-state index in [0.717, 1.165) is 11.0 Å². The van der Waals surface area contributed by atoms with Gasteiger partial charge in [-0.2, -0.15) is 8.42 Å². The fourth-order valence-corrected chi connectivity index (χ4v) is 1.38. The minimum absolute atomic E-state index is 0.185. The summed E-state index contributed by atoms with van der Waals surface area (Å²) in [4.78, 5) is 2.61. The molecule has 0 amide bonds. The van der Waals surface area contributed by atoms with E-state index >= 15 is 0 Å². The van der Waals surface area contributed by atoms with Crippen LogP contribution < -0.4 is 4.18 Å². The molecule has 0 N–H and O–H groups in total. The maximum atomic E-state index is 11.0. The van der Waals surface area contributed by atoms with Gasteiger partial charge in [0.1, 0.15) is 5.75 Å². The van der Waals surface area contributed by atoms with Crippen molar-refractivity contribution in [1.82, 2.24) is 0 Å². The van der Waals surface area contributed by atoms with Crippen LogP contribution in [-0.2, 0) is 16.7 Å². The first-order valence-electron chi connectivity index (χ1n) is 4.24. The van der Waals surface area contributed by atoms with E-state index in [1.54, 1.807) is 12.1 Å². The predicted molar refractivity (Wildman–Crippen MR) is 59.0 cm³/mol. The van der Waals surface area contributed by atoms with Gasteiger partial charge in [0.05, 0.1) is 12.0 Å². The van der Waals surface area contributed by atoms with Crippen molar-refractivity contribution in [3.63, 3.8) is 0 Å². The molecule has 0 aromatic heterocycles. The molecule has 0 radical (unpaired) electrons. The molecule has 0 heterocycles. The van der Waals surface area contributed by atoms with Gasteiger partial charge >= 0.3 is 10.1 Å². The number of hydrogen-bond donors (Lipinski definition) is 0. The number of nitrogens with zero attached hydrogens (tertiary/aromatic N) is 3. The Morgan fingerprint density at radius 2 is 2.06 bits per heavy atom. The number of azide groups is 1. The average molecular weight is 239 g/mol. The monoisotopic (exact) mass is 239 g/mol. The third-order valence-corrected chi connectivity index (χ3v) is 2.49. The van der Waals surface area contributed by atoms with Crippen molar-refractivity contribution in [3.8, 4) is 5.75 Å². The second-order valence-corrected chi connectivity index (χ2v) is 4.26. The maximum Gasteiger partial charge on any atom is 0.331 e. The fourth-order valence-electron chi connectivity index (χ4n) is 0.932. The highest BCUT2D eigenvalue weighted by molar-refractivity contribution is 7.90. The molecule has 84 valence electrons. The van der Waals surface area contributed by atoms with E-state index in [1.165, 1.54) is 12.1 Å². The number of rotatable bonds is 5. The zero-order valence-electron chi connectivity index (χ0n) is 8.28. The van der Waals surface area contributed by atoms with Crippen LogP contribution in [0.3, 0.4) is 0 Å². The van der Waals surface area contributed by atoms with Crippen molar-refractivity contribution in [2.24, 2.45) is 5.11 Å². The summed E-state index contributed by atoms with van der Waals surface area (Å²) in [6.07, 6.45) is 0. The molecule has 0 fully saturated rings. The summed E-state index contributed by atoms with van der Waals surface area (Å²) in [5, 5.41) is 4.09. The van der Waals surface area contributed by atoms with Crippen molar-refractivity contribution in [1.29, 1.82) is 0 Å². The molecule has 0 unspecified atom stereocenters. The molecule has 0 spiro atoms. The van der Waals surface area contributed by atoms with E-state index in [-0.39, 0.29) is 12.3 Å². The molecule has 6 nitrogen and oxygen atoms in total. The molecule has 1 aromatic rings. The van der Waals surface area contributed by atoms with Gasteiger partial charge in [-0.1, -0.05) is 23.8 Å². The van der Waals surface area contributed by atoms with E-state index in [4.69, 9.17) is 5.53 Å². The SMILES string of the molecule is C=CS(=O)(=O)Oc1ccc(CN=[N+]=[N-])cc1. The van der Waals surface area contributed by atoms with E-state index in [0.29, 0.717) is 0 Å². The van der Waals surface area contributed by atoms with Gasteiger partial charge in [0.2, 0.25) is 0 Å². The third kappa shape index (κ3) is 3.64. The predicted octanol–water partition coefficient (Wildman–Crippen LogP) is 2.35. The summed E-state index contributed by atoms with van der Waals surface area (Å²) >= 11 is 0. The van der Waals surface area contributed by atoms with E-state index in [1.807, 2.05) is 0 Å². The standard InChI is InChI=1S/C9H9N3O3S/c1-2-16(13,14)15-9-5-3-8(4-6-9)7-11-12-10/h2-6H,1,7H2. The zero-order chi connectivity index (χ0) is 12.0. The molecule has 16 heavy (non-hydrogen) atoms. The lowest BCUT2D eigenvalue weighted by molar-refractivity contribution is 0.496. The summed E-state index contributed by atoms with van der Waals surface area (Å²) in [7, 11) is -3.72. The van der Waals surface area contributed by atoms with Crippen LogP contribution in [0.1, 0.15) is 5.56 Å². The maximum absolute atomic E-state index is 11.0. The van der Waals surface area contributed by atoms with E-state index in [9.17, 15) is 8.42 Å². The van der Waals surface area contributed by atoms with Crippen LogP contribution in [0, 0.1) is 0 Å². The Morgan fingerprint density at radius 1 is 1.44 bits per heavy atom. The normalized spacial score (nSPS) is 10.2. The summed E-state index contributed by atoms with van der Waals surface area (Å²) in [6, 6.07) is 6.18. The minimum atomic E-state index is -3.72. The molecule has 0 atom stereocenters. The van der Waals surface area contributed by atoms with Crippen LogP contribution in [-0.4, -0.2) is 8.42 Å². The Kier molecular flexibility index (Phi) is 3.93. The first kappa shape index (κ1) is 12.1. The van der Waals surface area contributed by atoms with Crippen LogP contribution in [0.15, 0.2) is 41.4 Å². The van der Waals surface area contributed by atoms with Gasteiger partial charge in [-0.25, -0.2) is 0 Å². The molecule has 0 saturated heterocycles. The van der Waals surface area contributed by atoms with Crippen LogP contribution in [0.5, 0.6) is 5.75 Å². The van der Waals surface area contributed by atoms with Gasteiger partial charge in [-0.3, -0.25) is 0 Å². The molecule has 7 heteroatoms. The van der Waals surface area contributed by atoms with Crippen molar-refractivity contribution in [2.75, 3.05) is 0 Å². The van der Waals surface area contributed by atoms with Gasteiger partial charge in [0.25, 0.3) is 0 Å². The van der Waals surface area contributed by atoms with Crippen molar-refractivity contribution < 1.29 is 12.6 Å². The highest BCUT2D eigenvalue weighted by Crippen LogP contribution is 2.15. The molecule has 0 saturated carbocycles. The van der Waals surface area contributed by atoms with E-state index in [2.05, 4.69) is 20.8 Å². The van der Waals surface area contributed by atoms with Crippen LogP contribution >= 0.6 is 0 Å². The van der Waals surface area contributed by atoms with Crippen LogP contribution in [0.4, 0.5) is 0 Å². The molecular formula is C9H9N3O3S. The lowest BCUT2D eigenvalue weighted by Gasteiger charge is -2.03. The fraction of sp³-hybridized carbons (Fsp3) is 0.111. The molecular weight excluding hydrogens is 230 g/mol. The average Bonchev–Trinajstić information content (AvgIpc) is 2.28. The largest absolute Gasteiger partial charge is 0.379 e. The van der Waals surface area contributed by atoms with Crippen LogP contribution in [0.25, 0.3) is 10.4 Å². The first-order chi connectivity index (χ1) is 7.57. The van der Waals surface area contributed by atoms with Crippen molar-refractivity contribution in [2.45, 2.75) is 6.54 Å². The van der Waals surface area contributed by atoms with E-state index < -0.39 is 10.1 Å². The summed E-state index contributed by atoms with van der Waals surface area (Å²) in [5.41, 5.74) is 8.88. The lowest BCUT2D eigenvalue weighted by Crippen LogP contribution is -2.04. The smallest absolute Gasteiger partial charge is 0.331 e. The van der Waals surface area contributed by atoms with Crippen molar-refractivity contribution >= 4 is 10.1 Å². The third-order valence-electron chi connectivity index (χ3n) is 1.66. The van der Waals surface area contributed by atoms with Crippen molar-refractivity contribution in [3.05, 3.63) is 52.3 Å². The number of hydrogen-bond acceptors (Lipinski definition) is 4. The van der Waals surface area contributed by atoms with Gasteiger partial charge in [0.15, 0.2) is 0 Å². The van der Waals surface area contributed by atoms with Gasteiger partial charge in [0, 0.05) is 4.91 Å². The van der Waals surface area contributed by atoms with Crippen LogP contribution in [0.2, 0.25) is 0 Å². The Hall–Kier alpha value is -1.98. The molecule has 0 aliphatic carbocycles. The molecule has 0 aliphatic rings. The lowest BCUT2D eigenvalue weighted by atomic mass is 10.2. The highest BCUT2D eigenvalue weighted by Gasteiger charge is 2.06. The second kappa shape index (κ2) is 5.20. The zero-order valence-corrected chi connectivity index (χ0v) is 9.09. The topological polar surface area (TPSA) is 92.1 Å². The molecule has 0 aliphatic heterocycles. The second-order valence-electron chi connectivity index (χ2n) is 2.78. The molecule has 1 aromatic carbocycles. The highest BCUT2D eigenvalue weighted by atomic mass is 32.2. The Balaban J connectivity index is 2.79. The first-order valence-corrected chi connectivity index (χ1v) is 5.71. The quantitative estimate of drug-likeness (QED) is 0.341. The minimum Gasteiger partial charge on any atom is -0.379 e. The van der Waals surface area contributed by atoms with Gasteiger partial charge in [-0.05, 0) is 23.2 Å². The van der Waals surface area contributed by atoms with Gasteiger partial charge < -0.3 is 4.18 Å².